The molecule has 32 heavy (non-hydrogen) atoms. The SMILES string of the molecule is CCN1CCN(CCCCNC(=NC)N2CCN(C/C=C/c3ccccc3)CC2)CC1.I. The third kappa shape index (κ3) is 9.37. The van der Waals surface area contributed by atoms with E-state index in [1.54, 1.807) is 0 Å². The van der Waals surface area contributed by atoms with Gasteiger partial charge in [0, 0.05) is 72.5 Å². The first-order valence-corrected chi connectivity index (χ1v) is 12.1. The van der Waals surface area contributed by atoms with Crippen LogP contribution in [0.4, 0.5) is 0 Å². The number of piperazine rings is 2. The molecule has 1 aromatic carbocycles. The number of nitrogens with zero attached hydrogens (tertiary/aromatic N) is 5. The summed E-state index contributed by atoms with van der Waals surface area (Å²) >= 11 is 0. The van der Waals surface area contributed by atoms with Gasteiger partial charge in [0.15, 0.2) is 5.96 Å². The number of unbranched alkanes of at least 4 members (excludes halogenated alkanes) is 1. The molecule has 2 saturated heterocycles. The van der Waals surface area contributed by atoms with Crippen LogP contribution in [0.5, 0.6) is 0 Å². The maximum Gasteiger partial charge on any atom is 0.193 e. The molecule has 1 aromatic rings. The Labute approximate surface area is 212 Å². The zero-order valence-electron chi connectivity index (χ0n) is 20.1. The lowest BCUT2D eigenvalue weighted by Crippen LogP contribution is -2.52. The van der Waals surface area contributed by atoms with E-state index < -0.39 is 0 Å². The quantitative estimate of drug-likeness (QED) is 0.220. The molecule has 0 aromatic heterocycles. The lowest BCUT2D eigenvalue weighted by Gasteiger charge is -2.36. The zero-order valence-corrected chi connectivity index (χ0v) is 22.4. The molecule has 2 heterocycles. The van der Waals surface area contributed by atoms with Crippen molar-refractivity contribution < 1.29 is 0 Å². The Bertz CT molecular complexity index is 664. The van der Waals surface area contributed by atoms with Crippen LogP contribution < -0.4 is 5.32 Å². The molecule has 3 rings (SSSR count). The molecule has 180 valence electrons. The summed E-state index contributed by atoms with van der Waals surface area (Å²) in [6.45, 7) is 15.9. The average molecular weight is 555 g/mol. The lowest BCUT2D eigenvalue weighted by atomic mass is 10.2. The molecular formula is C25H43IN6. The number of benzene rings is 1. The number of hydrogen-bond acceptors (Lipinski definition) is 4. The van der Waals surface area contributed by atoms with Crippen LogP contribution in [-0.2, 0) is 0 Å². The molecule has 0 aliphatic carbocycles. The van der Waals surface area contributed by atoms with Crippen LogP contribution in [0.1, 0.15) is 25.3 Å². The number of halogens is 1. The summed E-state index contributed by atoms with van der Waals surface area (Å²) in [6, 6.07) is 10.5. The lowest BCUT2D eigenvalue weighted by molar-refractivity contribution is 0.136. The van der Waals surface area contributed by atoms with E-state index in [-0.39, 0.29) is 24.0 Å². The molecule has 0 bridgehead atoms. The van der Waals surface area contributed by atoms with Gasteiger partial charge in [0.1, 0.15) is 0 Å². The molecule has 0 spiro atoms. The van der Waals surface area contributed by atoms with Gasteiger partial charge in [-0.15, -0.1) is 24.0 Å². The highest BCUT2D eigenvalue weighted by Crippen LogP contribution is 2.06. The average Bonchev–Trinajstić information content (AvgIpc) is 2.83. The van der Waals surface area contributed by atoms with Crippen molar-refractivity contribution in [3.63, 3.8) is 0 Å². The summed E-state index contributed by atoms with van der Waals surface area (Å²) in [5.74, 6) is 1.07. The normalized spacial score (nSPS) is 19.3. The Morgan fingerprint density at radius 1 is 0.906 bits per heavy atom. The number of nitrogens with one attached hydrogen (secondary N) is 1. The van der Waals surface area contributed by atoms with E-state index in [1.807, 2.05) is 7.05 Å². The summed E-state index contributed by atoms with van der Waals surface area (Å²) in [6.07, 6.45) is 6.96. The number of likely N-dealkylation sites (N-methyl/N-ethyl adjacent to an activating group) is 1. The van der Waals surface area contributed by atoms with Crippen LogP contribution in [0.2, 0.25) is 0 Å². The largest absolute Gasteiger partial charge is 0.356 e. The van der Waals surface area contributed by atoms with Crippen LogP contribution in [-0.4, -0.2) is 111 Å². The Kier molecular flexibility index (Phi) is 13.2. The van der Waals surface area contributed by atoms with Gasteiger partial charge in [0.2, 0.25) is 0 Å². The third-order valence-electron chi connectivity index (χ3n) is 6.45. The van der Waals surface area contributed by atoms with E-state index in [0.717, 1.165) is 45.2 Å². The molecule has 2 aliphatic rings. The van der Waals surface area contributed by atoms with Crippen molar-refractivity contribution in [2.24, 2.45) is 4.99 Å². The molecule has 0 saturated carbocycles. The second kappa shape index (κ2) is 15.6. The standard InChI is InChI=1S/C25H42N6.HI/c1-3-28-16-18-29(19-17-28)14-8-7-13-27-25(26-2)31-22-20-30(21-23-31)15-9-12-24-10-5-4-6-11-24;/h4-6,9-12H,3,7-8,13-23H2,1-2H3,(H,26,27);1H/b12-9+;. The van der Waals surface area contributed by atoms with Crippen LogP contribution in [0, 0.1) is 0 Å². The number of aliphatic imine (C=N–C) groups is 1. The summed E-state index contributed by atoms with van der Waals surface area (Å²) in [4.78, 5) is 14.6. The molecular weight excluding hydrogens is 511 g/mol. The van der Waals surface area contributed by atoms with Crippen molar-refractivity contribution in [3.05, 3.63) is 42.0 Å². The summed E-state index contributed by atoms with van der Waals surface area (Å²) in [5, 5.41) is 3.59. The van der Waals surface area contributed by atoms with Crippen LogP contribution in [0.3, 0.4) is 0 Å². The minimum atomic E-state index is 0. The second-order valence-corrected chi connectivity index (χ2v) is 8.56. The minimum Gasteiger partial charge on any atom is -0.356 e. The molecule has 2 aliphatic heterocycles. The fourth-order valence-corrected chi connectivity index (χ4v) is 4.37. The predicted molar refractivity (Wildman–Crippen MR) is 148 cm³/mol. The molecule has 0 atom stereocenters. The fourth-order valence-electron chi connectivity index (χ4n) is 4.37. The Morgan fingerprint density at radius 2 is 1.56 bits per heavy atom. The highest BCUT2D eigenvalue weighted by atomic mass is 127. The Morgan fingerprint density at radius 3 is 2.22 bits per heavy atom. The maximum atomic E-state index is 4.53. The van der Waals surface area contributed by atoms with Crippen molar-refractivity contribution in [2.45, 2.75) is 19.8 Å². The predicted octanol–water partition coefficient (Wildman–Crippen LogP) is 2.93. The van der Waals surface area contributed by atoms with Crippen LogP contribution >= 0.6 is 24.0 Å². The third-order valence-corrected chi connectivity index (χ3v) is 6.45. The van der Waals surface area contributed by atoms with Gasteiger partial charge in [-0.05, 0) is 31.5 Å². The molecule has 2 fully saturated rings. The monoisotopic (exact) mass is 554 g/mol. The zero-order chi connectivity index (χ0) is 21.7. The molecule has 0 radical (unpaired) electrons. The van der Waals surface area contributed by atoms with Gasteiger partial charge in [-0.3, -0.25) is 9.89 Å². The van der Waals surface area contributed by atoms with Gasteiger partial charge in [-0.1, -0.05) is 49.4 Å². The number of guanidine groups is 1. The Hall–Kier alpha value is -1.16. The first kappa shape index (κ1) is 27.1. The van der Waals surface area contributed by atoms with Gasteiger partial charge in [0.25, 0.3) is 0 Å². The van der Waals surface area contributed by atoms with Gasteiger partial charge >= 0.3 is 0 Å². The molecule has 6 nitrogen and oxygen atoms in total. The molecule has 0 unspecified atom stereocenters. The van der Waals surface area contributed by atoms with Crippen molar-refractivity contribution in [1.29, 1.82) is 0 Å². The Balaban J connectivity index is 0.00000363. The highest BCUT2D eigenvalue weighted by Gasteiger charge is 2.18. The highest BCUT2D eigenvalue weighted by molar-refractivity contribution is 14.0. The van der Waals surface area contributed by atoms with Crippen molar-refractivity contribution in [3.8, 4) is 0 Å². The minimum absolute atomic E-state index is 0. The van der Waals surface area contributed by atoms with Crippen LogP contribution in [0.15, 0.2) is 41.4 Å². The number of rotatable bonds is 9. The second-order valence-electron chi connectivity index (χ2n) is 8.56. The van der Waals surface area contributed by atoms with Crippen molar-refractivity contribution in [2.75, 3.05) is 85.6 Å². The number of hydrogen-bond donors (Lipinski definition) is 1. The molecule has 1 N–H and O–H groups in total. The van der Waals surface area contributed by atoms with Gasteiger partial charge in [-0.25, -0.2) is 0 Å². The van der Waals surface area contributed by atoms with Crippen LogP contribution in [0.25, 0.3) is 6.08 Å². The smallest absolute Gasteiger partial charge is 0.193 e. The summed E-state index contributed by atoms with van der Waals surface area (Å²) in [7, 11) is 1.91. The topological polar surface area (TPSA) is 37.4 Å². The van der Waals surface area contributed by atoms with E-state index in [1.165, 1.54) is 57.7 Å². The molecule has 7 heteroatoms. The van der Waals surface area contributed by atoms with E-state index in [9.17, 15) is 0 Å². The van der Waals surface area contributed by atoms with Crippen molar-refractivity contribution in [1.82, 2.24) is 24.9 Å². The summed E-state index contributed by atoms with van der Waals surface area (Å²) < 4.78 is 0. The van der Waals surface area contributed by atoms with E-state index in [2.05, 4.69) is 79.3 Å². The van der Waals surface area contributed by atoms with Crippen molar-refractivity contribution >= 4 is 36.0 Å². The van der Waals surface area contributed by atoms with E-state index in [0.29, 0.717) is 0 Å². The van der Waals surface area contributed by atoms with Gasteiger partial charge < -0.3 is 20.0 Å². The first-order valence-electron chi connectivity index (χ1n) is 12.1. The van der Waals surface area contributed by atoms with Gasteiger partial charge in [-0.2, -0.15) is 0 Å². The van der Waals surface area contributed by atoms with Gasteiger partial charge in [0.05, 0.1) is 0 Å². The fraction of sp³-hybridized carbons (Fsp3) is 0.640. The summed E-state index contributed by atoms with van der Waals surface area (Å²) in [5.41, 5.74) is 1.27. The molecule has 0 amide bonds. The van der Waals surface area contributed by atoms with E-state index in [4.69, 9.17) is 0 Å². The maximum absolute atomic E-state index is 4.53. The van der Waals surface area contributed by atoms with E-state index >= 15 is 0 Å². The first-order chi connectivity index (χ1) is 15.3.